The number of amides is 1. The fourth-order valence-electron chi connectivity index (χ4n) is 8.08. The number of nitrogens with one attached hydrogen (secondary N) is 1. The number of allylic oxidation sites excluding steroid dienone is 3. The smallest absolute Gasteiger partial charge is 0.264 e. The molecule has 236 valence electrons. The third-order valence-corrected chi connectivity index (χ3v) is 13.0. The van der Waals surface area contributed by atoms with Crippen LogP contribution in [0.1, 0.15) is 75.1 Å². The summed E-state index contributed by atoms with van der Waals surface area (Å²) in [6.45, 7) is 3.82. The normalized spacial score (nSPS) is 36.6. The molecule has 1 aromatic rings. The van der Waals surface area contributed by atoms with Gasteiger partial charge in [0, 0.05) is 36.7 Å². The van der Waals surface area contributed by atoms with Crippen molar-refractivity contribution in [2.24, 2.45) is 29.6 Å². The van der Waals surface area contributed by atoms with Crippen LogP contribution in [0.15, 0.2) is 41.5 Å². The molecule has 2 bridgehead atoms. The third kappa shape index (κ3) is 6.24. The van der Waals surface area contributed by atoms with Gasteiger partial charge in [-0.15, -0.1) is 0 Å². The Morgan fingerprint density at radius 3 is 2.72 bits per heavy atom. The summed E-state index contributed by atoms with van der Waals surface area (Å²) in [6, 6.07) is 5.27. The van der Waals surface area contributed by atoms with Crippen LogP contribution in [-0.2, 0) is 14.8 Å². The quantitative estimate of drug-likeness (QED) is 0.450. The molecule has 0 spiro atoms. The van der Waals surface area contributed by atoms with Crippen molar-refractivity contribution in [3.8, 4) is 5.75 Å². The minimum Gasteiger partial charge on any atom is -0.491 e. The zero-order valence-electron chi connectivity index (χ0n) is 25.2. The second kappa shape index (κ2) is 12.4. The van der Waals surface area contributed by atoms with Crippen LogP contribution >= 0.6 is 11.6 Å². The Kier molecular flexibility index (Phi) is 8.90. The van der Waals surface area contributed by atoms with Crippen molar-refractivity contribution in [2.75, 3.05) is 31.7 Å². The Morgan fingerprint density at radius 1 is 1.14 bits per heavy atom. The van der Waals surface area contributed by atoms with Crippen molar-refractivity contribution in [3.63, 3.8) is 0 Å². The van der Waals surface area contributed by atoms with Crippen molar-refractivity contribution in [3.05, 3.63) is 47.0 Å². The van der Waals surface area contributed by atoms with Gasteiger partial charge in [-0.1, -0.05) is 36.6 Å². The highest BCUT2D eigenvalue weighted by atomic mass is 35.5. The van der Waals surface area contributed by atoms with Crippen LogP contribution in [0.25, 0.3) is 0 Å². The monoisotopic (exact) mass is 632 g/mol. The predicted octanol–water partition coefficient (Wildman–Crippen LogP) is 5.40. The maximum atomic E-state index is 13.3. The van der Waals surface area contributed by atoms with E-state index in [1.165, 1.54) is 0 Å². The summed E-state index contributed by atoms with van der Waals surface area (Å²) in [5.74, 6) is 1.07. The number of nitrogens with zero attached hydrogens (tertiary/aromatic N) is 1. The van der Waals surface area contributed by atoms with E-state index in [1.54, 1.807) is 19.2 Å². The summed E-state index contributed by atoms with van der Waals surface area (Å²) in [5.41, 5.74) is 0.431. The lowest BCUT2D eigenvalue weighted by atomic mass is 9.61. The van der Waals surface area contributed by atoms with Crippen LogP contribution in [-0.4, -0.2) is 63.2 Å². The summed E-state index contributed by atoms with van der Waals surface area (Å²) in [7, 11) is -2.10. The van der Waals surface area contributed by atoms with Crippen LogP contribution in [0.2, 0.25) is 0 Å². The van der Waals surface area contributed by atoms with Gasteiger partial charge in [0.1, 0.15) is 5.75 Å². The van der Waals surface area contributed by atoms with E-state index in [0.717, 1.165) is 68.8 Å². The second-order valence-corrected chi connectivity index (χ2v) is 15.7. The predicted molar refractivity (Wildman–Crippen MR) is 168 cm³/mol. The number of fused-ring (bicyclic) bond motifs is 4. The van der Waals surface area contributed by atoms with Gasteiger partial charge in [-0.05, 0) is 99.8 Å². The highest BCUT2D eigenvalue weighted by Crippen LogP contribution is 2.50. The van der Waals surface area contributed by atoms with Gasteiger partial charge in [0.05, 0.1) is 29.2 Å². The molecule has 2 fully saturated rings. The molecule has 1 amide bonds. The Hall–Kier alpha value is -2.07. The molecule has 10 heteroatoms. The Balaban J connectivity index is 1.38. The number of aliphatic hydroxyl groups excluding tert-OH is 1. The number of benzene rings is 1. The Bertz CT molecular complexity index is 1380. The average Bonchev–Trinajstić information content (AvgIpc) is 3.75. The van der Waals surface area contributed by atoms with E-state index in [9.17, 15) is 18.3 Å². The highest BCUT2D eigenvalue weighted by Gasteiger charge is 2.52. The van der Waals surface area contributed by atoms with E-state index >= 15 is 0 Å². The van der Waals surface area contributed by atoms with Crippen molar-refractivity contribution in [1.29, 1.82) is 0 Å². The van der Waals surface area contributed by atoms with E-state index in [0.29, 0.717) is 42.6 Å². The first-order valence-electron chi connectivity index (χ1n) is 16.0. The molecule has 5 aliphatic rings. The molecule has 0 radical (unpaired) electrons. The first-order chi connectivity index (χ1) is 20.6. The topological polar surface area (TPSA) is 105 Å². The van der Waals surface area contributed by atoms with Gasteiger partial charge in [-0.3, -0.25) is 4.79 Å². The third-order valence-electron chi connectivity index (χ3n) is 10.9. The molecule has 2 N–H and O–H groups in total. The summed E-state index contributed by atoms with van der Waals surface area (Å²) < 4.78 is 41.4. The van der Waals surface area contributed by atoms with E-state index in [2.05, 4.69) is 21.8 Å². The summed E-state index contributed by atoms with van der Waals surface area (Å²) in [6.07, 6.45) is 13.3. The molecule has 2 saturated carbocycles. The minimum atomic E-state index is -3.80. The van der Waals surface area contributed by atoms with Gasteiger partial charge in [-0.25, -0.2) is 13.1 Å². The van der Waals surface area contributed by atoms with Crippen molar-refractivity contribution in [2.45, 2.75) is 81.7 Å². The molecule has 3 aliphatic carbocycles. The minimum absolute atomic E-state index is 0.0117. The standard InChI is InChI=1S/C33H45ClN2O6S/c1-21(37)33(41-2)14-5-7-23-18-31(23)43(39,40)35-32(38)24-10-13-30-29(17-24)36(19-25-9-12-28(25)33)15-4-3-6-22-16-27(34)11-8-26(22)20-42-30/h8,10-11,13,16-17,21-23,25-26,28,31,37H,3-7,9,12,14-15,18-20H2,1-2H3,(H,35,38)/t21-,22?,23-,25+,26?,28-,31?,33?/m1/s1. The maximum Gasteiger partial charge on any atom is 0.264 e. The molecule has 8 nitrogen and oxygen atoms in total. The van der Waals surface area contributed by atoms with Gasteiger partial charge < -0.3 is 19.5 Å². The first kappa shape index (κ1) is 30.9. The fourth-order valence-corrected chi connectivity index (χ4v) is 9.98. The molecule has 0 aromatic heterocycles. The van der Waals surface area contributed by atoms with E-state index in [-0.39, 0.29) is 17.8 Å². The van der Waals surface area contributed by atoms with Crippen molar-refractivity contribution < 1.29 is 27.8 Å². The van der Waals surface area contributed by atoms with E-state index < -0.39 is 32.9 Å². The lowest BCUT2D eigenvalue weighted by molar-refractivity contribution is -0.172. The molecule has 0 saturated heterocycles. The zero-order valence-corrected chi connectivity index (χ0v) is 26.8. The molecule has 4 unspecified atom stereocenters. The number of hydrogen-bond donors (Lipinski definition) is 2. The van der Waals surface area contributed by atoms with Gasteiger partial charge in [0.15, 0.2) is 0 Å². The molecular formula is C33H45ClN2O6S. The van der Waals surface area contributed by atoms with Gasteiger partial charge in [0.2, 0.25) is 10.0 Å². The van der Waals surface area contributed by atoms with Crippen LogP contribution in [0.3, 0.4) is 0 Å². The van der Waals surface area contributed by atoms with Crippen LogP contribution in [0, 0.1) is 29.6 Å². The number of anilines is 1. The summed E-state index contributed by atoms with van der Waals surface area (Å²) >= 11 is 6.36. The van der Waals surface area contributed by atoms with Crippen molar-refractivity contribution in [1.82, 2.24) is 4.72 Å². The molecule has 1 aromatic carbocycles. The number of rotatable bonds is 2. The molecule has 8 atom stereocenters. The Morgan fingerprint density at radius 2 is 1.98 bits per heavy atom. The zero-order chi connectivity index (χ0) is 30.4. The van der Waals surface area contributed by atoms with Crippen LogP contribution in [0.5, 0.6) is 5.75 Å². The van der Waals surface area contributed by atoms with Crippen LogP contribution in [0.4, 0.5) is 5.69 Å². The SMILES string of the molecule is COC1([C@@H](C)O)CCC[C@@H]2CC2S(=O)(=O)NC(=O)c2ccc3c(c2)N(CCCCC2C=C(Cl)C=CC2CO3)C[C@@H]2CC[C@H]21. The van der Waals surface area contributed by atoms with Crippen molar-refractivity contribution >= 4 is 33.2 Å². The number of carbonyl (C=O) groups excluding carboxylic acids is 1. The van der Waals surface area contributed by atoms with Gasteiger partial charge >= 0.3 is 0 Å². The molecular weight excluding hydrogens is 588 g/mol. The maximum absolute atomic E-state index is 13.3. The van der Waals surface area contributed by atoms with E-state index in [4.69, 9.17) is 21.1 Å². The summed E-state index contributed by atoms with van der Waals surface area (Å²) in [4.78, 5) is 15.6. The van der Waals surface area contributed by atoms with Crippen LogP contribution < -0.4 is 14.4 Å². The lowest BCUT2D eigenvalue weighted by Crippen LogP contribution is -2.57. The molecule has 6 rings (SSSR count). The molecule has 2 aliphatic heterocycles. The number of hydrogen-bond acceptors (Lipinski definition) is 7. The highest BCUT2D eigenvalue weighted by molar-refractivity contribution is 7.91. The van der Waals surface area contributed by atoms with Gasteiger partial charge in [0.25, 0.3) is 5.91 Å². The van der Waals surface area contributed by atoms with Gasteiger partial charge in [-0.2, -0.15) is 0 Å². The fraction of sp³-hybridized carbons (Fsp3) is 0.667. The van der Waals surface area contributed by atoms with E-state index in [1.807, 2.05) is 19.1 Å². The number of carbonyl (C=O) groups is 1. The first-order valence-corrected chi connectivity index (χ1v) is 17.9. The summed E-state index contributed by atoms with van der Waals surface area (Å²) in [5, 5.41) is 11.3. The largest absolute Gasteiger partial charge is 0.491 e. The second-order valence-electron chi connectivity index (χ2n) is 13.4. The Labute approximate surface area is 260 Å². The number of ether oxygens (including phenoxy) is 2. The molecule has 43 heavy (non-hydrogen) atoms. The number of aliphatic hydroxyl groups is 1. The lowest BCUT2D eigenvalue weighted by Gasteiger charge is -2.52. The number of halogens is 1. The number of sulfonamides is 1. The number of methoxy groups -OCH3 is 1. The molecule has 2 heterocycles. The average molecular weight is 633 g/mol.